The largest absolute Gasteiger partial charge is 0.459 e. The van der Waals surface area contributed by atoms with Crippen molar-refractivity contribution in [2.45, 2.75) is 25.8 Å². The molecule has 1 amide bonds. The number of furan rings is 1. The van der Waals surface area contributed by atoms with Crippen LogP contribution in [0.25, 0.3) is 11.7 Å². The second-order valence-corrected chi connectivity index (χ2v) is 4.75. The maximum Gasteiger partial charge on any atom is 0.437 e. The molecule has 0 N–H and O–H groups in total. The van der Waals surface area contributed by atoms with Crippen molar-refractivity contribution in [3.8, 4) is 11.7 Å². The Kier molecular flexibility index (Phi) is 3.41. The Labute approximate surface area is 114 Å². The number of amides is 1. The Bertz CT molecular complexity index is 635. The van der Waals surface area contributed by atoms with Crippen molar-refractivity contribution < 1.29 is 13.6 Å². The van der Waals surface area contributed by atoms with Gasteiger partial charge in [-0.15, -0.1) is 5.10 Å². The first-order chi connectivity index (χ1) is 9.74. The summed E-state index contributed by atoms with van der Waals surface area (Å²) in [6.45, 7) is 1.40. The maximum absolute atomic E-state index is 12.1. The third-order valence-electron chi connectivity index (χ3n) is 3.33. The van der Waals surface area contributed by atoms with Gasteiger partial charge in [-0.25, -0.2) is 4.79 Å². The van der Waals surface area contributed by atoms with Crippen LogP contribution in [0.3, 0.4) is 0 Å². The highest BCUT2D eigenvalue weighted by Gasteiger charge is 2.20. The summed E-state index contributed by atoms with van der Waals surface area (Å²) in [6, 6.07) is 3.31. The van der Waals surface area contributed by atoms with Gasteiger partial charge < -0.3 is 13.7 Å². The molecule has 1 fully saturated rings. The van der Waals surface area contributed by atoms with Gasteiger partial charge in [0.25, 0.3) is 5.89 Å². The molecule has 1 aliphatic rings. The van der Waals surface area contributed by atoms with E-state index in [-0.39, 0.29) is 18.3 Å². The number of rotatable bonds is 3. The summed E-state index contributed by atoms with van der Waals surface area (Å²) in [7, 11) is 0. The monoisotopic (exact) mass is 277 g/mol. The topological polar surface area (TPSA) is 81.5 Å². The van der Waals surface area contributed by atoms with Crippen molar-refractivity contribution in [2.75, 3.05) is 13.1 Å². The lowest BCUT2D eigenvalue weighted by molar-refractivity contribution is -0.133. The van der Waals surface area contributed by atoms with Gasteiger partial charge in [-0.2, -0.15) is 4.68 Å². The molecule has 3 heterocycles. The molecule has 0 radical (unpaired) electrons. The molecule has 1 aliphatic heterocycles. The number of carbonyl (C=O) groups excluding carboxylic acids is 1. The van der Waals surface area contributed by atoms with Gasteiger partial charge in [0.1, 0.15) is 6.54 Å². The van der Waals surface area contributed by atoms with Crippen LogP contribution in [0.15, 0.2) is 32.0 Å². The van der Waals surface area contributed by atoms with E-state index in [0.29, 0.717) is 5.76 Å². The minimum absolute atomic E-state index is 0.0893. The normalized spacial score (nSPS) is 15.5. The number of piperidine rings is 1. The molecule has 0 saturated carbocycles. The fourth-order valence-corrected chi connectivity index (χ4v) is 2.28. The van der Waals surface area contributed by atoms with E-state index in [1.165, 1.54) is 6.26 Å². The molecule has 3 rings (SSSR count). The fraction of sp³-hybridized carbons (Fsp3) is 0.462. The van der Waals surface area contributed by atoms with Crippen molar-refractivity contribution in [3.05, 3.63) is 28.9 Å². The quantitative estimate of drug-likeness (QED) is 0.839. The first-order valence-corrected chi connectivity index (χ1v) is 6.63. The number of hydrogen-bond acceptors (Lipinski definition) is 5. The zero-order valence-corrected chi connectivity index (χ0v) is 10.9. The summed E-state index contributed by atoms with van der Waals surface area (Å²) >= 11 is 0. The Morgan fingerprint density at radius 3 is 2.80 bits per heavy atom. The molecule has 1 saturated heterocycles. The van der Waals surface area contributed by atoms with Gasteiger partial charge in [0, 0.05) is 13.1 Å². The number of carbonyl (C=O) groups is 1. The Hall–Kier alpha value is -2.31. The number of nitrogens with zero attached hydrogens (tertiary/aromatic N) is 3. The summed E-state index contributed by atoms with van der Waals surface area (Å²) in [4.78, 5) is 25.5. The molecular weight excluding hydrogens is 262 g/mol. The molecule has 0 unspecified atom stereocenters. The van der Waals surface area contributed by atoms with Gasteiger partial charge in [0.15, 0.2) is 5.76 Å². The van der Waals surface area contributed by atoms with Crippen molar-refractivity contribution >= 4 is 5.91 Å². The lowest BCUT2D eigenvalue weighted by atomic mass is 10.1. The van der Waals surface area contributed by atoms with Crippen LogP contribution in [-0.4, -0.2) is 33.7 Å². The van der Waals surface area contributed by atoms with Crippen LogP contribution in [0.2, 0.25) is 0 Å². The van der Waals surface area contributed by atoms with Crippen LogP contribution in [0.1, 0.15) is 19.3 Å². The fourth-order valence-electron chi connectivity index (χ4n) is 2.28. The first kappa shape index (κ1) is 12.7. The van der Waals surface area contributed by atoms with Crippen molar-refractivity contribution in [3.63, 3.8) is 0 Å². The summed E-state index contributed by atoms with van der Waals surface area (Å²) < 4.78 is 11.1. The van der Waals surface area contributed by atoms with E-state index in [1.54, 1.807) is 17.0 Å². The second-order valence-electron chi connectivity index (χ2n) is 4.75. The lowest BCUT2D eigenvalue weighted by Crippen LogP contribution is -2.39. The highest BCUT2D eigenvalue weighted by Crippen LogP contribution is 2.15. The van der Waals surface area contributed by atoms with E-state index in [1.807, 2.05) is 0 Å². The highest BCUT2D eigenvalue weighted by molar-refractivity contribution is 5.75. The third kappa shape index (κ3) is 2.52. The molecule has 0 bridgehead atoms. The van der Waals surface area contributed by atoms with Crippen LogP contribution >= 0.6 is 0 Å². The predicted molar refractivity (Wildman–Crippen MR) is 68.9 cm³/mol. The predicted octanol–water partition coefficient (Wildman–Crippen LogP) is 1.11. The molecule has 7 heteroatoms. The van der Waals surface area contributed by atoms with E-state index in [9.17, 15) is 9.59 Å². The third-order valence-corrected chi connectivity index (χ3v) is 3.33. The molecule has 20 heavy (non-hydrogen) atoms. The molecule has 106 valence electrons. The molecule has 0 atom stereocenters. The summed E-state index contributed by atoms with van der Waals surface area (Å²) in [5.74, 6) is -0.300. The van der Waals surface area contributed by atoms with E-state index in [0.717, 1.165) is 37.0 Å². The van der Waals surface area contributed by atoms with Crippen molar-refractivity contribution in [1.29, 1.82) is 0 Å². The minimum Gasteiger partial charge on any atom is -0.459 e. The van der Waals surface area contributed by atoms with Crippen molar-refractivity contribution in [1.82, 2.24) is 14.7 Å². The highest BCUT2D eigenvalue weighted by atomic mass is 16.4. The van der Waals surface area contributed by atoms with E-state index in [4.69, 9.17) is 8.83 Å². The molecule has 7 nitrogen and oxygen atoms in total. The van der Waals surface area contributed by atoms with Crippen LogP contribution in [0, 0.1) is 0 Å². The lowest BCUT2D eigenvalue weighted by Gasteiger charge is -2.26. The second kappa shape index (κ2) is 5.36. The number of aromatic nitrogens is 2. The van der Waals surface area contributed by atoms with Crippen LogP contribution in [0.4, 0.5) is 0 Å². The summed E-state index contributed by atoms with van der Waals surface area (Å²) in [5.41, 5.74) is 0. The summed E-state index contributed by atoms with van der Waals surface area (Å²) in [5, 5.41) is 3.98. The van der Waals surface area contributed by atoms with Gasteiger partial charge >= 0.3 is 5.76 Å². The van der Waals surface area contributed by atoms with E-state index >= 15 is 0 Å². The standard InChI is InChI=1S/C13H15N3O4/c17-11(15-6-2-1-3-7-15)9-16-13(18)20-12(14-16)10-5-4-8-19-10/h4-5,8H,1-3,6-7,9H2. The van der Waals surface area contributed by atoms with Gasteiger partial charge in [0.2, 0.25) is 5.91 Å². The smallest absolute Gasteiger partial charge is 0.437 e. The minimum atomic E-state index is -0.651. The Morgan fingerprint density at radius 2 is 2.10 bits per heavy atom. The molecule has 0 aliphatic carbocycles. The summed E-state index contributed by atoms with van der Waals surface area (Å²) in [6.07, 6.45) is 4.64. The van der Waals surface area contributed by atoms with Crippen LogP contribution in [0.5, 0.6) is 0 Å². The van der Waals surface area contributed by atoms with Gasteiger partial charge in [-0.3, -0.25) is 4.79 Å². The number of likely N-dealkylation sites (tertiary alicyclic amines) is 1. The van der Waals surface area contributed by atoms with Gasteiger partial charge in [-0.1, -0.05) is 0 Å². The average Bonchev–Trinajstić information content (AvgIpc) is 3.10. The first-order valence-electron chi connectivity index (χ1n) is 6.63. The Morgan fingerprint density at radius 1 is 1.30 bits per heavy atom. The zero-order chi connectivity index (χ0) is 13.9. The molecule has 0 aromatic carbocycles. The number of hydrogen-bond donors (Lipinski definition) is 0. The molecule has 0 spiro atoms. The Balaban J connectivity index is 1.74. The van der Waals surface area contributed by atoms with Crippen LogP contribution < -0.4 is 5.76 Å². The van der Waals surface area contributed by atoms with Crippen molar-refractivity contribution in [2.24, 2.45) is 0 Å². The molecule has 2 aromatic rings. The maximum atomic E-state index is 12.1. The molecule has 2 aromatic heterocycles. The van der Waals surface area contributed by atoms with Gasteiger partial charge in [-0.05, 0) is 31.4 Å². The SMILES string of the molecule is O=C(Cn1nc(-c2ccco2)oc1=O)N1CCCCC1. The van der Waals surface area contributed by atoms with E-state index < -0.39 is 5.76 Å². The average molecular weight is 277 g/mol. The molecular formula is C13H15N3O4. The van der Waals surface area contributed by atoms with Gasteiger partial charge in [0.05, 0.1) is 6.26 Å². The van der Waals surface area contributed by atoms with Crippen LogP contribution in [-0.2, 0) is 11.3 Å². The van der Waals surface area contributed by atoms with E-state index in [2.05, 4.69) is 5.10 Å². The zero-order valence-electron chi connectivity index (χ0n) is 10.9.